The molecule has 1 aliphatic heterocycles. The Balaban J connectivity index is 1.99. The third kappa shape index (κ3) is 2.44. The van der Waals surface area contributed by atoms with Crippen molar-refractivity contribution in [3.63, 3.8) is 0 Å². The molecular formula is C10H16N2O3S. The van der Waals surface area contributed by atoms with Crippen molar-refractivity contribution in [2.45, 2.75) is 24.9 Å². The summed E-state index contributed by atoms with van der Waals surface area (Å²) in [5, 5.41) is 14.1. The number of hydrogen-bond acceptors (Lipinski definition) is 4. The number of aliphatic hydroxyl groups is 1. The second-order valence-corrected chi connectivity index (χ2v) is 6.70. The van der Waals surface area contributed by atoms with Crippen LogP contribution in [0.2, 0.25) is 0 Å². The van der Waals surface area contributed by atoms with Crippen molar-refractivity contribution in [3.8, 4) is 0 Å². The molecule has 0 radical (unpaired) electrons. The molecule has 1 aromatic rings. The van der Waals surface area contributed by atoms with E-state index in [2.05, 4.69) is 5.10 Å². The van der Waals surface area contributed by atoms with Crippen molar-refractivity contribution in [2.24, 2.45) is 7.05 Å². The Hall–Kier alpha value is -0.880. The van der Waals surface area contributed by atoms with Crippen molar-refractivity contribution < 1.29 is 13.5 Å². The SMILES string of the molecule is Cn1nccc1CCC1(O)CCS(=O)(=O)C1. The summed E-state index contributed by atoms with van der Waals surface area (Å²) in [5.41, 5.74) is -0.0268. The number of sulfone groups is 1. The van der Waals surface area contributed by atoms with E-state index in [9.17, 15) is 13.5 Å². The van der Waals surface area contributed by atoms with Gasteiger partial charge in [-0.25, -0.2) is 8.42 Å². The largest absolute Gasteiger partial charge is 0.389 e. The summed E-state index contributed by atoms with van der Waals surface area (Å²) in [6.07, 6.45) is 3.19. The van der Waals surface area contributed by atoms with Crippen LogP contribution in [0.4, 0.5) is 0 Å². The molecule has 0 bridgehead atoms. The van der Waals surface area contributed by atoms with E-state index in [1.54, 1.807) is 10.9 Å². The van der Waals surface area contributed by atoms with Gasteiger partial charge in [0.05, 0.1) is 17.1 Å². The zero-order chi connectivity index (χ0) is 11.8. The zero-order valence-corrected chi connectivity index (χ0v) is 10.1. The second kappa shape index (κ2) is 3.85. The van der Waals surface area contributed by atoms with E-state index in [1.807, 2.05) is 13.1 Å². The highest BCUT2D eigenvalue weighted by molar-refractivity contribution is 7.91. The minimum atomic E-state index is -3.03. The van der Waals surface area contributed by atoms with Crippen LogP contribution < -0.4 is 0 Å². The second-order valence-electron chi connectivity index (χ2n) is 4.51. The van der Waals surface area contributed by atoms with Crippen molar-refractivity contribution >= 4 is 9.84 Å². The fraction of sp³-hybridized carbons (Fsp3) is 0.700. The molecular weight excluding hydrogens is 228 g/mol. The Morgan fingerprint density at radius 2 is 2.38 bits per heavy atom. The molecule has 1 fully saturated rings. The van der Waals surface area contributed by atoms with Crippen molar-refractivity contribution in [3.05, 3.63) is 18.0 Å². The molecule has 1 aliphatic rings. The predicted molar refractivity (Wildman–Crippen MR) is 59.7 cm³/mol. The highest BCUT2D eigenvalue weighted by atomic mass is 32.2. The summed E-state index contributed by atoms with van der Waals surface area (Å²) in [5.74, 6) is 0.00668. The van der Waals surface area contributed by atoms with Crippen LogP contribution in [0.25, 0.3) is 0 Å². The average molecular weight is 244 g/mol. The first-order chi connectivity index (χ1) is 7.40. The molecule has 0 aliphatic carbocycles. The average Bonchev–Trinajstić information content (AvgIpc) is 2.69. The van der Waals surface area contributed by atoms with E-state index < -0.39 is 15.4 Å². The van der Waals surface area contributed by atoms with Gasteiger partial charge in [0.2, 0.25) is 0 Å². The number of aromatic nitrogens is 2. The van der Waals surface area contributed by atoms with Crippen LogP contribution in [0.15, 0.2) is 12.3 Å². The summed E-state index contributed by atoms with van der Waals surface area (Å²) in [6.45, 7) is 0. The normalized spacial score (nSPS) is 28.4. The van der Waals surface area contributed by atoms with Crippen LogP contribution in [-0.2, 0) is 23.3 Å². The standard InChI is InChI=1S/C10H16N2O3S/c1-12-9(3-6-11-12)2-4-10(13)5-7-16(14,15)8-10/h3,6,13H,2,4-5,7-8H2,1H3. The molecule has 1 aromatic heterocycles. The van der Waals surface area contributed by atoms with Gasteiger partial charge in [0.25, 0.3) is 0 Å². The summed E-state index contributed by atoms with van der Waals surface area (Å²) in [7, 11) is -1.19. The van der Waals surface area contributed by atoms with E-state index in [0.29, 0.717) is 19.3 Å². The van der Waals surface area contributed by atoms with E-state index in [1.165, 1.54) is 0 Å². The van der Waals surface area contributed by atoms with Crippen LogP contribution in [0.1, 0.15) is 18.5 Å². The molecule has 6 heteroatoms. The van der Waals surface area contributed by atoms with Crippen LogP contribution in [0.5, 0.6) is 0 Å². The molecule has 2 heterocycles. The lowest BCUT2D eigenvalue weighted by molar-refractivity contribution is 0.0584. The molecule has 5 nitrogen and oxygen atoms in total. The molecule has 1 unspecified atom stereocenters. The summed E-state index contributed by atoms with van der Waals surface area (Å²) < 4.78 is 24.3. The highest BCUT2D eigenvalue weighted by Gasteiger charge is 2.40. The molecule has 1 saturated heterocycles. The Labute approximate surface area is 95.0 Å². The zero-order valence-electron chi connectivity index (χ0n) is 9.26. The Kier molecular flexibility index (Phi) is 2.79. The van der Waals surface area contributed by atoms with Crippen molar-refractivity contribution in [1.29, 1.82) is 0 Å². The molecule has 2 rings (SSSR count). The fourth-order valence-corrected chi connectivity index (χ4v) is 4.05. The van der Waals surface area contributed by atoms with Crippen LogP contribution >= 0.6 is 0 Å². The van der Waals surface area contributed by atoms with Crippen molar-refractivity contribution in [1.82, 2.24) is 9.78 Å². The lowest BCUT2D eigenvalue weighted by Crippen LogP contribution is -2.30. The van der Waals surface area contributed by atoms with E-state index in [0.717, 1.165) is 5.69 Å². The minimum absolute atomic E-state index is 0.0994. The van der Waals surface area contributed by atoms with E-state index in [-0.39, 0.29) is 11.5 Å². The van der Waals surface area contributed by atoms with Gasteiger partial charge in [0.15, 0.2) is 9.84 Å². The maximum absolute atomic E-state index is 11.3. The molecule has 0 amide bonds. The first-order valence-corrected chi connectivity index (χ1v) is 7.12. The lowest BCUT2D eigenvalue weighted by atomic mass is 9.96. The lowest BCUT2D eigenvalue weighted by Gasteiger charge is -2.20. The molecule has 90 valence electrons. The third-order valence-electron chi connectivity index (χ3n) is 3.14. The van der Waals surface area contributed by atoms with E-state index >= 15 is 0 Å². The number of rotatable bonds is 3. The number of aryl methyl sites for hydroxylation is 2. The first-order valence-electron chi connectivity index (χ1n) is 5.30. The van der Waals surface area contributed by atoms with E-state index in [4.69, 9.17) is 0 Å². The van der Waals surface area contributed by atoms with Crippen molar-refractivity contribution in [2.75, 3.05) is 11.5 Å². The van der Waals surface area contributed by atoms with Gasteiger partial charge in [-0.05, 0) is 25.3 Å². The van der Waals surface area contributed by atoms with Crippen LogP contribution in [0.3, 0.4) is 0 Å². The Morgan fingerprint density at radius 1 is 1.62 bits per heavy atom. The number of hydrogen-bond donors (Lipinski definition) is 1. The number of nitrogens with zero attached hydrogens (tertiary/aromatic N) is 2. The predicted octanol–water partition coefficient (Wildman–Crippen LogP) is -0.0977. The minimum Gasteiger partial charge on any atom is -0.389 e. The topological polar surface area (TPSA) is 72.2 Å². The van der Waals surface area contributed by atoms with Crippen LogP contribution in [-0.4, -0.2) is 40.4 Å². The van der Waals surface area contributed by atoms with Gasteiger partial charge in [0, 0.05) is 18.9 Å². The van der Waals surface area contributed by atoms with Gasteiger partial charge in [-0.3, -0.25) is 4.68 Å². The molecule has 0 saturated carbocycles. The molecule has 0 spiro atoms. The summed E-state index contributed by atoms with van der Waals surface area (Å²) >= 11 is 0. The smallest absolute Gasteiger partial charge is 0.153 e. The van der Waals surface area contributed by atoms with Gasteiger partial charge in [-0.2, -0.15) is 5.10 Å². The van der Waals surface area contributed by atoms with Gasteiger partial charge < -0.3 is 5.11 Å². The van der Waals surface area contributed by atoms with Gasteiger partial charge in [-0.15, -0.1) is 0 Å². The summed E-state index contributed by atoms with van der Waals surface area (Å²) in [4.78, 5) is 0. The maximum atomic E-state index is 11.3. The molecule has 16 heavy (non-hydrogen) atoms. The molecule has 0 aromatic carbocycles. The Bertz CT molecular complexity index is 480. The Morgan fingerprint density at radius 3 is 2.88 bits per heavy atom. The monoisotopic (exact) mass is 244 g/mol. The maximum Gasteiger partial charge on any atom is 0.153 e. The van der Waals surface area contributed by atoms with Gasteiger partial charge in [-0.1, -0.05) is 0 Å². The molecule has 1 N–H and O–H groups in total. The fourth-order valence-electron chi connectivity index (χ4n) is 2.10. The van der Waals surface area contributed by atoms with Gasteiger partial charge >= 0.3 is 0 Å². The summed E-state index contributed by atoms with van der Waals surface area (Å²) in [6, 6.07) is 1.88. The third-order valence-corrected chi connectivity index (χ3v) is 4.94. The first kappa shape index (κ1) is 11.6. The molecule has 1 atom stereocenters. The van der Waals surface area contributed by atoms with Gasteiger partial charge in [0.1, 0.15) is 0 Å². The van der Waals surface area contributed by atoms with Crippen LogP contribution in [0, 0.1) is 0 Å². The quantitative estimate of drug-likeness (QED) is 0.806. The highest BCUT2D eigenvalue weighted by Crippen LogP contribution is 2.27.